The van der Waals surface area contributed by atoms with Crippen LogP contribution in [0.4, 0.5) is 5.69 Å². The van der Waals surface area contributed by atoms with Crippen molar-refractivity contribution in [2.75, 3.05) is 0 Å². The first-order chi connectivity index (χ1) is 14.7. The van der Waals surface area contributed by atoms with E-state index in [1.807, 2.05) is 84.9 Å². The molecule has 2 N–H and O–H groups in total. The third kappa shape index (κ3) is 3.14. The van der Waals surface area contributed by atoms with Crippen LogP contribution in [0.15, 0.2) is 96.0 Å². The van der Waals surface area contributed by atoms with Gasteiger partial charge in [-0.05, 0) is 41.1 Å². The molecule has 1 heterocycles. The molecular weight excluding hydrogens is 372 g/mol. The highest BCUT2D eigenvalue weighted by Gasteiger charge is 2.10. The molecule has 0 spiro atoms. The number of aliphatic imine (C=N–C) groups is 1. The number of benzene rings is 4. The van der Waals surface area contributed by atoms with Crippen molar-refractivity contribution in [2.24, 2.45) is 4.99 Å². The van der Waals surface area contributed by atoms with Crippen LogP contribution in [0.3, 0.4) is 0 Å². The molecule has 0 aliphatic carbocycles. The molecule has 0 radical (unpaired) electrons. The number of pyridine rings is 1. The summed E-state index contributed by atoms with van der Waals surface area (Å²) in [5.74, 6) is 0.414. The van der Waals surface area contributed by atoms with Crippen LogP contribution in [-0.2, 0) is 0 Å². The lowest BCUT2D eigenvalue weighted by molar-refractivity contribution is 0.481. The molecule has 0 fully saturated rings. The van der Waals surface area contributed by atoms with E-state index >= 15 is 0 Å². The van der Waals surface area contributed by atoms with Gasteiger partial charge in [0.05, 0.1) is 23.3 Å². The van der Waals surface area contributed by atoms with Crippen molar-refractivity contribution in [3.63, 3.8) is 0 Å². The minimum atomic E-state index is 0.197. The Bertz CT molecular complexity index is 1420. The summed E-state index contributed by atoms with van der Waals surface area (Å²) in [6.07, 6.45) is 1.67. The maximum Gasteiger partial charge on any atom is 0.132 e. The first-order valence-electron chi connectivity index (χ1n) is 9.63. The number of hydrogen-bond donors (Lipinski definition) is 2. The largest absolute Gasteiger partial charge is 0.507 e. The number of fused-ring (bicyclic) bond motifs is 2. The molecular formula is C26H18N2O2. The van der Waals surface area contributed by atoms with E-state index in [0.29, 0.717) is 28.0 Å². The quantitative estimate of drug-likeness (QED) is 0.360. The van der Waals surface area contributed by atoms with Crippen LogP contribution in [0, 0.1) is 0 Å². The standard InChI is InChI=1S/C26H18N2O2/c29-24-13-4-8-18-7-3-12-23(25(18)24)27-16-19-9-5-11-22(28-19)21-15-14-17-6-1-2-10-20(17)26(21)30/h1-16,29-30H. The van der Waals surface area contributed by atoms with Gasteiger partial charge in [-0.2, -0.15) is 0 Å². The molecule has 4 nitrogen and oxygen atoms in total. The van der Waals surface area contributed by atoms with Gasteiger partial charge in [-0.3, -0.25) is 4.99 Å². The summed E-state index contributed by atoms with van der Waals surface area (Å²) in [5, 5.41) is 24.4. The van der Waals surface area contributed by atoms with Crippen molar-refractivity contribution < 1.29 is 10.2 Å². The zero-order valence-electron chi connectivity index (χ0n) is 16.0. The van der Waals surface area contributed by atoms with E-state index in [9.17, 15) is 10.2 Å². The maximum atomic E-state index is 10.7. The van der Waals surface area contributed by atoms with E-state index in [4.69, 9.17) is 0 Å². The number of aromatic nitrogens is 1. The molecule has 0 amide bonds. The highest BCUT2D eigenvalue weighted by molar-refractivity contribution is 5.99. The summed E-state index contributed by atoms with van der Waals surface area (Å²) in [5.41, 5.74) is 2.67. The Hall–Kier alpha value is -4.18. The van der Waals surface area contributed by atoms with E-state index < -0.39 is 0 Å². The number of phenolic OH excluding ortho intramolecular Hbond substituents is 2. The number of phenols is 2. The molecule has 30 heavy (non-hydrogen) atoms. The second kappa shape index (κ2) is 7.33. The highest BCUT2D eigenvalue weighted by Crippen LogP contribution is 2.35. The maximum absolute atomic E-state index is 10.7. The molecule has 5 rings (SSSR count). The van der Waals surface area contributed by atoms with Crippen LogP contribution >= 0.6 is 0 Å². The molecule has 4 heteroatoms. The first kappa shape index (κ1) is 17.9. The van der Waals surface area contributed by atoms with Crippen LogP contribution in [-0.4, -0.2) is 21.4 Å². The summed E-state index contributed by atoms with van der Waals surface area (Å²) in [6.45, 7) is 0. The second-order valence-electron chi connectivity index (χ2n) is 7.04. The van der Waals surface area contributed by atoms with Crippen LogP contribution < -0.4 is 0 Å². The first-order valence-corrected chi connectivity index (χ1v) is 9.63. The third-order valence-electron chi connectivity index (χ3n) is 5.14. The Kier molecular flexibility index (Phi) is 4.37. The van der Waals surface area contributed by atoms with Gasteiger partial charge in [0.1, 0.15) is 11.5 Å². The molecule has 5 aromatic rings. The van der Waals surface area contributed by atoms with E-state index in [2.05, 4.69) is 9.98 Å². The number of hydrogen-bond acceptors (Lipinski definition) is 4. The minimum Gasteiger partial charge on any atom is -0.507 e. The van der Waals surface area contributed by atoms with Gasteiger partial charge < -0.3 is 10.2 Å². The van der Waals surface area contributed by atoms with Gasteiger partial charge in [-0.25, -0.2) is 4.98 Å². The molecule has 0 aliphatic rings. The third-order valence-corrected chi connectivity index (χ3v) is 5.14. The SMILES string of the molecule is Oc1c(-c2cccc(C=Nc3cccc4cccc(O)c34)n2)ccc2ccccc12. The Labute approximate surface area is 173 Å². The van der Waals surface area contributed by atoms with Gasteiger partial charge in [0.25, 0.3) is 0 Å². The van der Waals surface area contributed by atoms with Crippen molar-refractivity contribution in [2.45, 2.75) is 0 Å². The van der Waals surface area contributed by atoms with Crippen LogP contribution in [0.25, 0.3) is 32.8 Å². The summed E-state index contributed by atoms with van der Waals surface area (Å²) in [7, 11) is 0. The number of rotatable bonds is 3. The smallest absolute Gasteiger partial charge is 0.132 e. The highest BCUT2D eigenvalue weighted by atomic mass is 16.3. The summed E-state index contributed by atoms with van der Waals surface area (Å²) in [6, 6.07) is 28.3. The fourth-order valence-corrected chi connectivity index (χ4v) is 3.68. The molecule has 1 aromatic heterocycles. The second-order valence-corrected chi connectivity index (χ2v) is 7.04. The lowest BCUT2D eigenvalue weighted by Crippen LogP contribution is -1.91. The Morgan fingerprint density at radius 2 is 1.47 bits per heavy atom. The zero-order chi connectivity index (χ0) is 20.5. The van der Waals surface area contributed by atoms with Crippen molar-refractivity contribution in [1.82, 2.24) is 4.98 Å². The van der Waals surface area contributed by atoms with Crippen LogP contribution in [0.1, 0.15) is 5.69 Å². The topological polar surface area (TPSA) is 65.7 Å². The Balaban J connectivity index is 1.55. The predicted molar refractivity (Wildman–Crippen MR) is 122 cm³/mol. The lowest BCUT2D eigenvalue weighted by Gasteiger charge is -2.08. The average Bonchev–Trinajstić information content (AvgIpc) is 2.78. The molecule has 0 atom stereocenters. The predicted octanol–water partition coefficient (Wildman–Crippen LogP) is 6.22. The number of aromatic hydroxyl groups is 2. The van der Waals surface area contributed by atoms with E-state index in [-0.39, 0.29) is 11.5 Å². The molecule has 0 aliphatic heterocycles. The summed E-state index contributed by atoms with van der Waals surface area (Å²) < 4.78 is 0. The molecule has 0 saturated carbocycles. The fraction of sp³-hybridized carbons (Fsp3) is 0. The Morgan fingerprint density at radius 3 is 2.37 bits per heavy atom. The van der Waals surface area contributed by atoms with Gasteiger partial charge in [0.2, 0.25) is 0 Å². The number of nitrogens with zero attached hydrogens (tertiary/aromatic N) is 2. The molecule has 0 saturated heterocycles. The van der Waals surface area contributed by atoms with Crippen LogP contribution in [0.5, 0.6) is 11.5 Å². The van der Waals surface area contributed by atoms with Crippen LogP contribution in [0.2, 0.25) is 0 Å². The van der Waals surface area contributed by atoms with Gasteiger partial charge in [0.15, 0.2) is 0 Å². The van der Waals surface area contributed by atoms with E-state index in [1.165, 1.54) is 0 Å². The monoisotopic (exact) mass is 390 g/mol. The van der Waals surface area contributed by atoms with Crippen molar-refractivity contribution in [3.05, 3.63) is 96.7 Å². The summed E-state index contributed by atoms with van der Waals surface area (Å²) >= 11 is 0. The van der Waals surface area contributed by atoms with Gasteiger partial charge in [-0.15, -0.1) is 0 Å². The van der Waals surface area contributed by atoms with E-state index in [0.717, 1.165) is 16.2 Å². The Morgan fingerprint density at radius 1 is 0.700 bits per heavy atom. The zero-order valence-corrected chi connectivity index (χ0v) is 16.0. The normalized spacial score (nSPS) is 11.5. The summed E-state index contributed by atoms with van der Waals surface area (Å²) in [4.78, 5) is 9.22. The molecule has 0 bridgehead atoms. The molecule has 144 valence electrons. The fourth-order valence-electron chi connectivity index (χ4n) is 3.68. The van der Waals surface area contributed by atoms with Gasteiger partial charge >= 0.3 is 0 Å². The van der Waals surface area contributed by atoms with Crippen molar-refractivity contribution >= 4 is 33.4 Å². The minimum absolute atomic E-state index is 0.197. The molecule has 4 aromatic carbocycles. The van der Waals surface area contributed by atoms with Gasteiger partial charge in [0, 0.05) is 16.3 Å². The average molecular weight is 390 g/mol. The van der Waals surface area contributed by atoms with E-state index in [1.54, 1.807) is 12.3 Å². The lowest BCUT2D eigenvalue weighted by atomic mass is 10.0. The molecule has 0 unspecified atom stereocenters. The van der Waals surface area contributed by atoms with Crippen molar-refractivity contribution in [1.29, 1.82) is 0 Å². The van der Waals surface area contributed by atoms with Crippen molar-refractivity contribution in [3.8, 4) is 22.8 Å². The van der Waals surface area contributed by atoms with Gasteiger partial charge in [-0.1, -0.05) is 60.7 Å².